The lowest BCUT2D eigenvalue weighted by Gasteiger charge is -2.20. The maximum absolute atomic E-state index is 12.3. The first-order valence-electron chi connectivity index (χ1n) is 7.66. The Morgan fingerprint density at radius 3 is 2.95 bits per heavy atom. The Morgan fingerprint density at radius 1 is 1.55 bits per heavy atom. The van der Waals surface area contributed by atoms with Gasteiger partial charge in [-0.05, 0) is 26.8 Å². The van der Waals surface area contributed by atoms with Gasteiger partial charge in [0.15, 0.2) is 0 Å². The normalized spacial score (nSPS) is 17.9. The fraction of sp³-hybridized carbons (Fsp3) is 0.562. The van der Waals surface area contributed by atoms with Crippen molar-refractivity contribution in [2.45, 2.75) is 39.8 Å². The molecule has 1 fully saturated rings. The molecule has 0 radical (unpaired) electrons. The molecule has 6 heteroatoms. The van der Waals surface area contributed by atoms with E-state index in [0.29, 0.717) is 25.6 Å². The van der Waals surface area contributed by atoms with E-state index in [9.17, 15) is 9.59 Å². The van der Waals surface area contributed by atoms with Gasteiger partial charge in [0.05, 0.1) is 12.5 Å². The highest BCUT2D eigenvalue weighted by Crippen LogP contribution is 2.21. The largest absolute Gasteiger partial charge is 0.478 e. The van der Waals surface area contributed by atoms with Crippen molar-refractivity contribution in [1.82, 2.24) is 15.2 Å². The second-order valence-electron chi connectivity index (χ2n) is 5.66. The van der Waals surface area contributed by atoms with E-state index < -0.39 is 0 Å². The zero-order valence-electron chi connectivity index (χ0n) is 13.3. The Balaban J connectivity index is 1.92. The SMILES string of the molecule is CCOc1ncccc1CNC(=O)[C@H]1CC(=O)N(C(C)C)C1. The molecule has 0 saturated carbocycles. The van der Waals surface area contributed by atoms with Crippen molar-refractivity contribution in [3.63, 3.8) is 0 Å². The first kappa shape index (κ1) is 16.3. The molecular weight excluding hydrogens is 282 g/mol. The molecule has 1 N–H and O–H groups in total. The lowest BCUT2D eigenvalue weighted by Crippen LogP contribution is -2.35. The molecule has 0 spiro atoms. The summed E-state index contributed by atoms with van der Waals surface area (Å²) in [5, 5.41) is 2.88. The van der Waals surface area contributed by atoms with Gasteiger partial charge in [-0.2, -0.15) is 0 Å². The standard InChI is InChI=1S/C16H23N3O3/c1-4-22-16-12(6-5-7-17-16)9-18-15(21)13-8-14(20)19(10-13)11(2)3/h5-7,11,13H,4,8-10H2,1-3H3,(H,18,21)/t13-/m0/s1. The minimum atomic E-state index is -0.276. The first-order valence-corrected chi connectivity index (χ1v) is 7.66. The number of likely N-dealkylation sites (tertiary alicyclic amines) is 1. The molecule has 22 heavy (non-hydrogen) atoms. The van der Waals surface area contributed by atoms with Gasteiger partial charge in [-0.3, -0.25) is 9.59 Å². The first-order chi connectivity index (χ1) is 10.5. The number of nitrogens with one attached hydrogen (secondary N) is 1. The van der Waals surface area contributed by atoms with Crippen LogP contribution in [0.2, 0.25) is 0 Å². The van der Waals surface area contributed by atoms with Gasteiger partial charge in [0.2, 0.25) is 17.7 Å². The smallest absolute Gasteiger partial charge is 0.225 e. The number of rotatable bonds is 6. The van der Waals surface area contributed by atoms with Crippen molar-refractivity contribution < 1.29 is 14.3 Å². The molecule has 1 aromatic rings. The molecule has 6 nitrogen and oxygen atoms in total. The van der Waals surface area contributed by atoms with Crippen LogP contribution in [0.1, 0.15) is 32.8 Å². The predicted molar refractivity (Wildman–Crippen MR) is 82.2 cm³/mol. The molecule has 1 aromatic heterocycles. The third kappa shape index (κ3) is 3.75. The highest BCUT2D eigenvalue weighted by molar-refractivity contribution is 5.89. The van der Waals surface area contributed by atoms with Crippen molar-refractivity contribution in [2.24, 2.45) is 5.92 Å². The Labute approximate surface area is 130 Å². The van der Waals surface area contributed by atoms with Crippen LogP contribution in [0.3, 0.4) is 0 Å². The monoisotopic (exact) mass is 305 g/mol. The zero-order chi connectivity index (χ0) is 16.1. The van der Waals surface area contributed by atoms with Gasteiger partial charge in [-0.25, -0.2) is 4.98 Å². The molecule has 0 aliphatic carbocycles. The molecule has 2 amide bonds. The fourth-order valence-corrected chi connectivity index (χ4v) is 2.56. The number of hydrogen-bond donors (Lipinski definition) is 1. The lowest BCUT2D eigenvalue weighted by molar-refractivity contribution is -0.130. The number of carbonyl (C=O) groups excluding carboxylic acids is 2. The molecule has 1 atom stereocenters. The molecule has 2 rings (SSSR count). The molecule has 120 valence electrons. The van der Waals surface area contributed by atoms with E-state index in [1.807, 2.05) is 32.9 Å². The Morgan fingerprint density at radius 2 is 2.32 bits per heavy atom. The Bertz CT molecular complexity index is 545. The van der Waals surface area contributed by atoms with Crippen LogP contribution in [0.5, 0.6) is 5.88 Å². The van der Waals surface area contributed by atoms with Gasteiger partial charge in [-0.15, -0.1) is 0 Å². The van der Waals surface area contributed by atoms with E-state index in [4.69, 9.17) is 4.74 Å². The summed E-state index contributed by atoms with van der Waals surface area (Å²) >= 11 is 0. The van der Waals surface area contributed by atoms with Crippen molar-refractivity contribution in [3.05, 3.63) is 23.9 Å². The number of amides is 2. The Kier molecular flexibility index (Phi) is 5.35. The second kappa shape index (κ2) is 7.24. The maximum Gasteiger partial charge on any atom is 0.225 e. The van der Waals surface area contributed by atoms with Crippen LogP contribution in [0.4, 0.5) is 0 Å². The molecule has 1 aliphatic heterocycles. The van der Waals surface area contributed by atoms with E-state index in [-0.39, 0.29) is 30.2 Å². The summed E-state index contributed by atoms with van der Waals surface area (Å²) in [7, 11) is 0. The van der Waals surface area contributed by atoms with Gasteiger partial charge in [0, 0.05) is 37.3 Å². The van der Waals surface area contributed by atoms with Crippen LogP contribution in [0.25, 0.3) is 0 Å². The second-order valence-corrected chi connectivity index (χ2v) is 5.66. The minimum absolute atomic E-state index is 0.0477. The predicted octanol–water partition coefficient (Wildman–Crippen LogP) is 1.35. The number of pyridine rings is 1. The summed E-state index contributed by atoms with van der Waals surface area (Å²) in [5.41, 5.74) is 0.836. The molecule has 0 unspecified atom stereocenters. The van der Waals surface area contributed by atoms with Crippen LogP contribution < -0.4 is 10.1 Å². The van der Waals surface area contributed by atoms with Gasteiger partial charge in [-0.1, -0.05) is 6.07 Å². The number of hydrogen-bond acceptors (Lipinski definition) is 4. The van der Waals surface area contributed by atoms with E-state index in [0.717, 1.165) is 5.56 Å². The fourth-order valence-electron chi connectivity index (χ4n) is 2.56. The summed E-state index contributed by atoms with van der Waals surface area (Å²) in [4.78, 5) is 30.0. The van der Waals surface area contributed by atoms with Gasteiger partial charge >= 0.3 is 0 Å². The molecule has 0 bridgehead atoms. The van der Waals surface area contributed by atoms with Crippen molar-refractivity contribution in [2.75, 3.05) is 13.2 Å². The van der Waals surface area contributed by atoms with Crippen LogP contribution >= 0.6 is 0 Å². The highest BCUT2D eigenvalue weighted by Gasteiger charge is 2.35. The van der Waals surface area contributed by atoms with E-state index >= 15 is 0 Å². The van der Waals surface area contributed by atoms with Crippen molar-refractivity contribution in [3.8, 4) is 5.88 Å². The molecular formula is C16H23N3O3. The summed E-state index contributed by atoms with van der Waals surface area (Å²) in [6.45, 7) is 7.19. The van der Waals surface area contributed by atoms with Crippen LogP contribution in [-0.4, -0.2) is 40.9 Å². The van der Waals surface area contributed by atoms with E-state index in [1.54, 1.807) is 11.1 Å². The minimum Gasteiger partial charge on any atom is -0.478 e. The molecule has 1 aliphatic rings. The average molecular weight is 305 g/mol. The number of ether oxygens (including phenoxy) is 1. The quantitative estimate of drug-likeness (QED) is 0.861. The summed E-state index contributed by atoms with van der Waals surface area (Å²) in [6.07, 6.45) is 1.95. The van der Waals surface area contributed by atoms with Gasteiger partial charge < -0.3 is 15.0 Å². The van der Waals surface area contributed by atoms with Gasteiger partial charge in [0.1, 0.15) is 0 Å². The third-order valence-corrected chi connectivity index (χ3v) is 3.74. The topological polar surface area (TPSA) is 71.5 Å². The van der Waals surface area contributed by atoms with Crippen molar-refractivity contribution >= 4 is 11.8 Å². The Hall–Kier alpha value is -2.11. The summed E-state index contributed by atoms with van der Waals surface area (Å²) < 4.78 is 5.44. The lowest BCUT2D eigenvalue weighted by atomic mass is 10.1. The van der Waals surface area contributed by atoms with Gasteiger partial charge in [0.25, 0.3) is 0 Å². The van der Waals surface area contributed by atoms with Crippen LogP contribution in [0.15, 0.2) is 18.3 Å². The molecule has 1 saturated heterocycles. The van der Waals surface area contributed by atoms with Crippen LogP contribution in [-0.2, 0) is 16.1 Å². The van der Waals surface area contributed by atoms with E-state index in [2.05, 4.69) is 10.3 Å². The van der Waals surface area contributed by atoms with Crippen LogP contribution in [0, 0.1) is 5.92 Å². The number of nitrogens with zero attached hydrogens (tertiary/aromatic N) is 2. The summed E-state index contributed by atoms with van der Waals surface area (Å²) in [5.74, 6) is 0.216. The molecule has 2 heterocycles. The molecule has 0 aromatic carbocycles. The maximum atomic E-state index is 12.3. The summed E-state index contributed by atoms with van der Waals surface area (Å²) in [6, 6.07) is 3.82. The van der Waals surface area contributed by atoms with E-state index in [1.165, 1.54) is 0 Å². The number of aromatic nitrogens is 1. The number of carbonyl (C=O) groups is 2. The highest BCUT2D eigenvalue weighted by atomic mass is 16.5. The van der Waals surface area contributed by atoms with Crippen molar-refractivity contribution in [1.29, 1.82) is 0 Å². The third-order valence-electron chi connectivity index (χ3n) is 3.74. The zero-order valence-corrected chi connectivity index (χ0v) is 13.3. The average Bonchev–Trinajstić information content (AvgIpc) is 2.88.